The Morgan fingerprint density at radius 3 is 0.686 bits per heavy atom. The van der Waals surface area contributed by atoms with Crippen LogP contribution >= 0.6 is 0 Å². The quantitative estimate of drug-likeness (QED) is 0.0239. The van der Waals surface area contributed by atoms with E-state index < -0.39 is 316 Å². The fourth-order valence-electron chi connectivity index (χ4n) is 11.9. The van der Waals surface area contributed by atoms with E-state index in [0.29, 0.717) is 28.2 Å². The lowest BCUT2D eigenvalue weighted by molar-refractivity contribution is -0.187. The first-order chi connectivity index (χ1) is 54.6. The predicted molar refractivity (Wildman–Crippen MR) is 363 cm³/mol. The van der Waals surface area contributed by atoms with Gasteiger partial charge in [-0.15, -0.1) is 0 Å². The van der Waals surface area contributed by atoms with Gasteiger partial charge in [0.05, 0.1) is 40.3 Å². The summed E-state index contributed by atoms with van der Waals surface area (Å²) in [4.78, 5) is 122. The normalized spacial score (nSPS) is 12.5. The molecule has 3 rings (SSSR count). The molecule has 0 saturated carbocycles. The number of aliphatic carboxylic acids is 1. The molecular formula is C71H84F24N8O15. The van der Waals surface area contributed by atoms with Crippen LogP contribution in [0.3, 0.4) is 0 Å². The average Bonchev–Trinajstić information content (AvgIpc) is 0.752. The molecule has 0 spiro atoms. The van der Waals surface area contributed by atoms with Gasteiger partial charge in [-0.1, -0.05) is 54.6 Å². The van der Waals surface area contributed by atoms with Gasteiger partial charge in [0.15, 0.2) is 0 Å². The van der Waals surface area contributed by atoms with Crippen molar-refractivity contribution in [3.05, 3.63) is 95.6 Å². The maximum absolute atomic E-state index is 14.1. The van der Waals surface area contributed by atoms with E-state index >= 15 is 0 Å². The number of methoxy groups -OCH3 is 2. The second kappa shape index (κ2) is 46.0. The van der Waals surface area contributed by atoms with Crippen LogP contribution in [0.1, 0.15) is 107 Å². The summed E-state index contributed by atoms with van der Waals surface area (Å²) in [6.45, 7) is -18.1. The van der Waals surface area contributed by atoms with Crippen molar-refractivity contribution < 1.29 is 177 Å². The third-order valence-electron chi connectivity index (χ3n) is 17.4. The van der Waals surface area contributed by atoms with Gasteiger partial charge in [-0.3, -0.25) is 47.9 Å². The van der Waals surface area contributed by atoms with Crippen molar-refractivity contribution in [2.75, 3.05) is 132 Å². The van der Waals surface area contributed by atoms with Crippen LogP contribution in [0, 0.1) is 0 Å². The van der Waals surface area contributed by atoms with Crippen LogP contribution in [-0.4, -0.2) is 285 Å². The molecule has 0 fully saturated rings. The molecule has 47 heteroatoms. The molecule has 0 heterocycles. The molecule has 23 nitrogen and oxygen atoms in total. The summed E-state index contributed by atoms with van der Waals surface area (Å²) in [5.74, 6) is -22.7. The zero-order valence-electron chi connectivity index (χ0n) is 62.9. The molecule has 666 valence electrons. The first kappa shape index (κ1) is 102. The molecule has 0 bridgehead atoms. The van der Waals surface area contributed by atoms with Gasteiger partial charge < -0.3 is 63.3 Å². The molecule has 118 heavy (non-hydrogen) atoms. The largest absolute Gasteiger partial charge is 0.497 e. The number of hydrogen-bond acceptors (Lipinski definition) is 14. The van der Waals surface area contributed by atoms with Crippen LogP contribution in [0.2, 0.25) is 0 Å². The van der Waals surface area contributed by atoms with Crippen molar-refractivity contribution in [1.82, 2.24) is 39.2 Å². The molecule has 8 amide bonds. The minimum atomic E-state index is -5.79. The van der Waals surface area contributed by atoms with Gasteiger partial charge in [0.1, 0.15) is 17.1 Å². The third kappa shape index (κ3) is 34.3. The summed E-state index contributed by atoms with van der Waals surface area (Å²) in [5.41, 5.74) is 0.00243. The minimum Gasteiger partial charge on any atom is -0.497 e. The van der Waals surface area contributed by atoms with Crippen LogP contribution in [0.15, 0.2) is 78.9 Å². The highest BCUT2D eigenvalue weighted by atomic mass is 19.4. The second-order valence-electron chi connectivity index (χ2n) is 26.0. The highest BCUT2D eigenvalue weighted by Crippen LogP contribution is 2.42. The maximum Gasteiger partial charge on any atom is 0.471 e. The number of carbonyl (C=O) groups is 10. The van der Waals surface area contributed by atoms with E-state index in [2.05, 4.69) is 4.74 Å². The first-order valence-electron chi connectivity index (χ1n) is 35.9. The minimum absolute atomic E-state index is 0.0242. The van der Waals surface area contributed by atoms with Crippen molar-refractivity contribution in [1.29, 1.82) is 0 Å². The zero-order chi connectivity index (χ0) is 89.4. The Morgan fingerprint density at radius 2 is 0.475 bits per heavy atom. The van der Waals surface area contributed by atoms with E-state index in [1.54, 1.807) is 78.9 Å². The molecule has 0 saturated heterocycles. The van der Waals surface area contributed by atoms with Gasteiger partial charge in [-0.05, 0) is 118 Å². The molecule has 3 aromatic rings. The Morgan fingerprint density at radius 1 is 0.271 bits per heavy atom. The number of esters is 1. The summed E-state index contributed by atoms with van der Waals surface area (Å²) >= 11 is 0. The van der Waals surface area contributed by atoms with Crippen LogP contribution in [0.4, 0.5) is 105 Å². The number of rotatable bonds is 48. The number of unbranched alkanes of at least 4 members (excludes halogenated alkanes) is 3. The zero-order valence-corrected chi connectivity index (χ0v) is 62.9. The van der Waals surface area contributed by atoms with E-state index in [0.717, 1.165) is 0 Å². The second-order valence-corrected chi connectivity index (χ2v) is 26.0. The van der Waals surface area contributed by atoms with E-state index in [1.165, 1.54) is 14.2 Å². The van der Waals surface area contributed by atoms with E-state index in [9.17, 15) is 153 Å². The number of benzene rings is 3. The SMILES string of the molecule is COc1ccc(C(OCCCN(CCCN(CCCCN(CCCN(CCCCN(CCCN(CCCCN(CCCN(CCCOC(=O)CCC(=O)O)C(=O)C(F)(F)F)C(=O)C(F)(F)F)C(=O)C(F)(F)F)C(=O)C(F)(F)F)C(=O)C(F)(F)F)C(=O)C(F)(F)F)C(=O)C(F)(F)F)C(=O)C(F)(F)F)(c2ccccc2)c2ccc(OC)cc2)cc1. The van der Waals surface area contributed by atoms with E-state index in [-0.39, 0.29) is 45.6 Å². The van der Waals surface area contributed by atoms with E-state index in [1.807, 2.05) is 0 Å². The molecule has 0 atom stereocenters. The number of carboxylic acid groups (broad SMARTS) is 1. The molecule has 0 radical (unpaired) electrons. The number of hydrogen-bond donors (Lipinski definition) is 1. The Hall–Kier alpha value is -9.76. The lowest BCUT2D eigenvalue weighted by Crippen LogP contribution is -2.46. The molecule has 0 aromatic heterocycles. The van der Waals surface area contributed by atoms with Gasteiger partial charge in [-0.2, -0.15) is 105 Å². The van der Waals surface area contributed by atoms with Crippen LogP contribution < -0.4 is 9.47 Å². The van der Waals surface area contributed by atoms with Gasteiger partial charge in [0.2, 0.25) is 0 Å². The molecule has 0 unspecified atom stereocenters. The van der Waals surface area contributed by atoms with E-state index in [4.69, 9.17) is 19.3 Å². The lowest BCUT2D eigenvalue weighted by Gasteiger charge is -2.36. The van der Waals surface area contributed by atoms with Gasteiger partial charge in [0, 0.05) is 105 Å². The Balaban J connectivity index is 1.72. The molecular weight excluding hydrogens is 1660 g/mol. The molecule has 0 aliphatic heterocycles. The number of alkyl halides is 24. The standard InChI is InChI=1S/C71H84F24N8O15/c1-115-51-24-20-49(21-25-51)63(48-18-4-3-5-19-48,50-22-26-52(116-2)27-23-50)118-47-17-45-103(62(114)71(93,94)95)43-15-41-101(60(112)69(87,88)89)35-11-9-33-99(58(110)67(81,82)83)39-13-37-97(56(108)65(75,76)77)31-7-6-30-96(55(107)64(72,73)74)36-12-38-98(57(109)66(78,79)80)32-8-10-34-100(59(111)68(84,85)86)40-14-42-102(61(113)70(90,91)92)44-16-46-117-54(106)29-28-53(104)105/h3-5,18-27H,6-17,28-47H2,1-2H3,(H,104,105). The molecule has 0 aliphatic carbocycles. The number of amides is 8. The number of carbonyl (C=O) groups excluding carboxylic acids is 9. The van der Waals surface area contributed by atoms with Crippen LogP contribution in [-0.2, 0) is 63.0 Å². The van der Waals surface area contributed by atoms with Crippen molar-refractivity contribution in [3.8, 4) is 11.5 Å². The fraction of sp³-hybridized carbons (Fsp3) is 0.606. The highest BCUT2D eigenvalue weighted by molar-refractivity contribution is 5.85. The Kier molecular flexibility index (Phi) is 39.9. The highest BCUT2D eigenvalue weighted by Gasteiger charge is 2.50. The summed E-state index contributed by atoms with van der Waals surface area (Å²) in [7, 11) is 2.82. The van der Waals surface area contributed by atoms with Crippen molar-refractivity contribution in [2.24, 2.45) is 0 Å². The lowest BCUT2D eigenvalue weighted by atomic mass is 9.80. The summed E-state index contributed by atoms with van der Waals surface area (Å²) in [5, 5.41) is 8.65. The molecule has 1 N–H and O–H groups in total. The molecule has 0 aliphatic rings. The maximum atomic E-state index is 14.1. The van der Waals surface area contributed by atoms with Gasteiger partial charge in [0.25, 0.3) is 0 Å². The predicted octanol–water partition coefficient (Wildman–Crippen LogP) is 12.2. The fourth-order valence-corrected chi connectivity index (χ4v) is 11.9. The summed E-state index contributed by atoms with van der Waals surface area (Å²) in [6.07, 6.45) is -56.0. The smallest absolute Gasteiger partial charge is 0.471 e. The Labute approximate surface area is 658 Å². The van der Waals surface area contributed by atoms with Gasteiger partial charge in [-0.25, -0.2) is 0 Å². The molecule has 3 aromatic carbocycles. The van der Waals surface area contributed by atoms with Crippen molar-refractivity contribution >= 4 is 59.2 Å². The number of carboxylic acids is 1. The van der Waals surface area contributed by atoms with Crippen molar-refractivity contribution in [3.63, 3.8) is 0 Å². The monoisotopic (exact) mass is 1740 g/mol. The van der Waals surface area contributed by atoms with Crippen molar-refractivity contribution in [2.45, 2.75) is 145 Å². The van der Waals surface area contributed by atoms with Crippen LogP contribution in [0.25, 0.3) is 0 Å². The third-order valence-corrected chi connectivity index (χ3v) is 17.4. The topological polar surface area (TPSA) is 254 Å². The van der Waals surface area contributed by atoms with Gasteiger partial charge >= 0.3 is 109 Å². The Bertz CT molecular complexity index is 3650. The number of nitrogens with zero attached hydrogens (tertiary/aromatic N) is 8. The number of ether oxygens (including phenoxy) is 4. The van der Waals surface area contributed by atoms with Crippen LogP contribution in [0.5, 0.6) is 11.5 Å². The average molecular weight is 1750 g/mol. The summed E-state index contributed by atoms with van der Waals surface area (Å²) in [6, 6.07) is 21.6. The first-order valence-corrected chi connectivity index (χ1v) is 35.9. The summed E-state index contributed by atoms with van der Waals surface area (Å²) < 4.78 is 354. The number of halogens is 24.